The Bertz CT molecular complexity index is 1050. The molecular weight excluding hydrogens is 390 g/mol. The van der Waals surface area contributed by atoms with Gasteiger partial charge in [0.25, 0.3) is 0 Å². The predicted molar refractivity (Wildman–Crippen MR) is 115 cm³/mol. The first-order valence-electron chi connectivity index (χ1n) is 9.38. The number of aliphatic imine (C=N–C) groups is 1. The second kappa shape index (κ2) is 6.98. The van der Waals surface area contributed by atoms with Crippen molar-refractivity contribution in [2.45, 2.75) is 31.2 Å². The summed E-state index contributed by atoms with van der Waals surface area (Å²) in [5.74, 6) is 1.75. The van der Waals surface area contributed by atoms with Gasteiger partial charge in [0.2, 0.25) is 0 Å². The molecule has 6 heteroatoms. The van der Waals surface area contributed by atoms with E-state index >= 15 is 0 Å². The summed E-state index contributed by atoms with van der Waals surface area (Å²) in [5, 5.41) is 2.32. The molecule has 2 aliphatic heterocycles. The maximum Gasteiger partial charge on any atom is 0.161 e. The molecule has 1 fully saturated rings. The molecular formula is C22H20ClN3OS. The average molecular weight is 410 g/mol. The van der Waals surface area contributed by atoms with E-state index in [1.165, 1.54) is 0 Å². The van der Waals surface area contributed by atoms with E-state index in [0.29, 0.717) is 10.3 Å². The van der Waals surface area contributed by atoms with Gasteiger partial charge in [-0.3, -0.25) is 4.98 Å². The lowest BCUT2D eigenvalue weighted by atomic mass is 10.0. The van der Waals surface area contributed by atoms with E-state index in [-0.39, 0.29) is 12.1 Å². The number of fused-ring (bicyclic) bond motifs is 1. The molecule has 0 unspecified atom stereocenters. The number of aryl methyl sites for hydroxylation is 1. The van der Waals surface area contributed by atoms with Gasteiger partial charge in [-0.25, -0.2) is 4.99 Å². The zero-order valence-electron chi connectivity index (χ0n) is 15.7. The van der Waals surface area contributed by atoms with Gasteiger partial charge < -0.3 is 9.32 Å². The van der Waals surface area contributed by atoms with Gasteiger partial charge in [0.15, 0.2) is 5.17 Å². The van der Waals surface area contributed by atoms with Crippen LogP contribution >= 0.6 is 23.4 Å². The van der Waals surface area contributed by atoms with Crippen molar-refractivity contribution in [1.29, 1.82) is 0 Å². The third kappa shape index (κ3) is 3.03. The number of aromatic nitrogens is 1. The summed E-state index contributed by atoms with van der Waals surface area (Å²) in [5.41, 5.74) is 3.14. The van der Waals surface area contributed by atoms with Crippen molar-refractivity contribution in [3.8, 4) is 11.3 Å². The first-order chi connectivity index (χ1) is 13.6. The molecule has 0 amide bonds. The molecule has 5 rings (SSSR count). The molecule has 0 N–H and O–H groups in total. The lowest BCUT2D eigenvalue weighted by Crippen LogP contribution is -2.28. The zero-order valence-corrected chi connectivity index (χ0v) is 17.2. The van der Waals surface area contributed by atoms with Crippen LogP contribution in [0.25, 0.3) is 11.3 Å². The van der Waals surface area contributed by atoms with Crippen LogP contribution in [0.3, 0.4) is 0 Å². The van der Waals surface area contributed by atoms with Crippen LogP contribution in [0.1, 0.15) is 36.0 Å². The van der Waals surface area contributed by atoms with Crippen molar-refractivity contribution in [1.82, 2.24) is 9.88 Å². The standard InChI is InChI=1S/C22H20ClN3OS/c1-13-6-7-15(23)11-16(13)18-8-9-19(27-18)21-20(17-5-3-4-10-24-17)25-22-26(21)12-14(2)28-22/h3-11,14,20-21H,12H2,1-2H3/t14-,20+,21+/m0/s1. The molecule has 1 aromatic carbocycles. The van der Waals surface area contributed by atoms with Crippen molar-refractivity contribution in [3.63, 3.8) is 0 Å². The molecule has 3 atom stereocenters. The highest BCUT2D eigenvalue weighted by Crippen LogP contribution is 2.48. The predicted octanol–water partition coefficient (Wildman–Crippen LogP) is 5.89. The maximum atomic E-state index is 6.37. The molecule has 1 saturated heterocycles. The normalized spacial score (nSPS) is 23.8. The van der Waals surface area contributed by atoms with E-state index in [0.717, 1.165) is 40.1 Å². The fourth-order valence-electron chi connectivity index (χ4n) is 3.94. The van der Waals surface area contributed by atoms with Crippen LogP contribution in [-0.4, -0.2) is 26.8 Å². The highest BCUT2D eigenvalue weighted by molar-refractivity contribution is 8.14. The van der Waals surface area contributed by atoms with Gasteiger partial charge in [-0.2, -0.15) is 0 Å². The number of furan rings is 1. The molecule has 0 aliphatic carbocycles. The highest BCUT2D eigenvalue weighted by atomic mass is 35.5. The van der Waals surface area contributed by atoms with E-state index in [1.54, 1.807) is 0 Å². The summed E-state index contributed by atoms with van der Waals surface area (Å²) in [4.78, 5) is 11.9. The van der Waals surface area contributed by atoms with E-state index in [4.69, 9.17) is 21.0 Å². The third-order valence-corrected chi connectivity index (χ3v) is 6.60. The molecule has 0 spiro atoms. The van der Waals surface area contributed by atoms with Crippen LogP contribution < -0.4 is 0 Å². The summed E-state index contributed by atoms with van der Waals surface area (Å²) < 4.78 is 6.37. The molecule has 0 bridgehead atoms. The van der Waals surface area contributed by atoms with Crippen molar-refractivity contribution in [3.05, 3.63) is 76.8 Å². The van der Waals surface area contributed by atoms with E-state index in [1.807, 2.05) is 60.4 Å². The van der Waals surface area contributed by atoms with Crippen LogP contribution in [0.2, 0.25) is 5.02 Å². The van der Waals surface area contributed by atoms with Crippen molar-refractivity contribution < 1.29 is 4.42 Å². The topological polar surface area (TPSA) is 41.6 Å². The van der Waals surface area contributed by atoms with Crippen LogP contribution in [0.4, 0.5) is 0 Å². The first kappa shape index (κ1) is 17.8. The van der Waals surface area contributed by atoms with Gasteiger partial charge in [-0.15, -0.1) is 0 Å². The summed E-state index contributed by atoms with van der Waals surface area (Å²) >= 11 is 8.04. The van der Waals surface area contributed by atoms with Crippen LogP contribution in [0.15, 0.2) is 64.1 Å². The van der Waals surface area contributed by atoms with Gasteiger partial charge in [-0.1, -0.05) is 42.4 Å². The minimum Gasteiger partial charge on any atom is -0.459 e. The third-order valence-electron chi connectivity index (χ3n) is 5.26. The fourth-order valence-corrected chi connectivity index (χ4v) is 5.21. The van der Waals surface area contributed by atoms with Gasteiger partial charge in [0.05, 0.1) is 5.69 Å². The number of nitrogens with zero attached hydrogens (tertiary/aromatic N) is 3. The summed E-state index contributed by atoms with van der Waals surface area (Å²) in [7, 11) is 0. The van der Waals surface area contributed by atoms with Gasteiger partial charge in [0.1, 0.15) is 23.6 Å². The van der Waals surface area contributed by atoms with Crippen LogP contribution in [0.5, 0.6) is 0 Å². The quantitative estimate of drug-likeness (QED) is 0.540. The van der Waals surface area contributed by atoms with Crippen LogP contribution in [0, 0.1) is 6.92 Å². The smallest absolute Gasteiger partial charge is 0.161 e. The minimum absolute atomic E-state index is 0.0237. The fraction of sp³-hybridized carbons (Fsp3) is 0.273. The van der Waals surface area contributed by atoms with Crippen LogP contribution in [-0.2, 0) is 0 Å². The summed E-state index contributed by atoms with van der Waals surface area (Å²) in [6.45, 7) is 5.27. The Labute approximate surface area is 173 Å². The van der Waals surface area contributed by atoms with E-state index in [9.17, 15) is 0 Å². The Hall–Kier alpha value is -2.24. The Kier molecular flexibility index (Phi) is 4.44. The lowest BCUT2D eigenvalue weighted by molar-refractivity contribution is 0.277. The molecule has 28 heavy (non-hydrogen) atoms. The van der Waals surface area contributed by atoms with Crippen molar-refractivity contribution in [2.24, 2.45) is 4.99 Å². The lowest BCUT2D eigenvalue weighted by Gasteiger charge is -2.25. The van der Waals surface area contributed by atoms with E-state index < -0.39 is 0 Å². The number of hydrogen-bond acceptors (Lipinski definition) is 5. The summed E-state index contributed by atoms with van der Waals surface area (Å²) in [6.07, 6.45) is 1.83. The SMILES string of the molecule is Cc1ccc(Cl)cc1-c1ccc([C@@H]2[C@@H](c3ccccn3)N=C3S[C@@H](C)CN32)o1. The number of halogens is 1. The molecule has 2 aliphatic rings. The highest BCUT2D eigenvalue weighted by Gasteiger charge is 2.45. The second-order valence-corrected chi connectivity index (χ2v) is 9.14. The molecule has 2 aromatic heterocycles. The Morgan fingerprint density at radius 1 is 1.18 bits per heavy atom. The number of benzene rings is 1. The monoisotopic (exact) mass is 409 g/mol. The zero-order chi connectivity index (χ0) is 19.3. The van der Waals surface area contributed by atoms with Crippen molar-refractivity contribution in [2.75, 3.05) is 6.54 Å². The van der Waals surface area contributed by atoms with E-state index in [2.05, 4.69) is 29.8 Å². The number of hydrogen-bond donors (Lipinski definition) is 0. The summed E-state index contributed by atoms with van der Waals surface area (Å²) in [6, 6.07) is 16.0. The molecule has 3 aromatic rings. The number of amidine groups is 1. The molecule has 4 heterocycles. The molecule has 0 radical (unpaired) electrons. The number of rotatable bonds is 3. The average Bonchev–Trinajstić information content (AvgIpc) is 3.38. The largest absolute Gasteiger partial charge is 0.459 e. The van der Waals surface area contributed by atoms with Gasteiger partial charge in [-0.05, 0) is 48.9 Å². The van der Waals surface area contributed by atoms with Crippen molar-refractivity contribution >= 4 is 28.5 Å². The Morgan fingerprint density at radius 2 is 2.07 bits per heavy atom. The van der Waals surface area contributed by atoms with Gasteiger partial charge >= 0.3 is 0 Å². The Balaban J connectivity index is 1.55. The Morgan fingerprint density at radius 3 is 2.89 bits per heavy atom. The molecule has 0 saturated carbocycles. The number of thioether (sulfide) groups is 1. The maximum absolute atomic E-state index is 6.37. The minimum atomic E-state index is -0.0596. The number of pyridine rings is 1. The second-order valence-electron chi connectivity index (χ2n) is 7.30. The molecule has 4 nitrogen and oxygen atoms in total. The molecule has 142 valence electrons. The van der Waals surface area contributed by atoms with Gasteiger partial charge in [0, 0.05) is 28.6 Å². The first-order valence-corrected chi connectivity index (χ1v) is 10.6.